The average molecular weight is 428 g/mol. The van der Waals surface area contributed by atoms with Crippen molar-refractivity contribution in [2.75, 3.05) is 18.6 Å². The van der Waals surface area contributed by atoms with Crippen LogP contribution in [0.3, 0.4) is 0 Å². The number of aliphatic imine (C=N–C) groups is 1. The van der Waals surface area contributed by atoms with Gasteiger partial charge in [-0.1, -0.05) is 18.2 Å². The Hall–Kier alpha value is -3.40. The molecule has 2 aromatic rings. The number of esters is 2. The summed E-state index contributed by atoms with van der Waals surface area (Å²) in [7, 11) is 1.23. The maximum atomic E-state index is 13.0. The van der Waals surface area contributed by atoms with E-state index in [1.165, 1.54) is 18.3 Å². The standard InChI is InChI=1S/C20H20N4O5S/c1-4-23-12-21-17(16(23)19(27)29-5-2)22-20-24(13-9-7-6-8-10-13)18(26)14(30-20)11-15(25)28-3/h6-12H,4-5H2,1-3H3. The first-order valence-electron chi connectivity index (χ1n) is 9.18. The number of aryl methyl sites for hydroxylation is 1. The van der Waals surface area contributed by atoms with Crippen LogP contribution in [-0.4, -0.2) is 46.3 Å². The molecular weight excluding hydrogens is 408 g/mol. The maximum absolute atomic E-state index is 13.0. The van der Waals surface area contributed by atoms with Crippen LogP contribution in [0, 0.1) is 0 Å². The molecule has 30 heavy (non-hydrogen) atoms. The third kappa shape index (κ3) is 4.28. The number of methoxy groups -OCH3 is 1. The molecule has 0 atom stereocenters. The Morgan fingerprint density at radius 2 is 1.97 bits per heavy atom. The second kappa shape index (κ2) is 9.40. The lowest BCUT2D eigenvalue weighted by Gasteiger charge is -2.15. The van der Waals surface area contributed by atoms with Crippen molar-refractivity contribution in [3.8, 4) is 0 Å². The van der Waals surface area contributed by atoms with E-state index in [0.29, 0.717) is 12.2 Å². The molecule has 9 nitrogen and oxygen atoms in total. The highest BCUT2D eigenvalue weighted by Crippen LogP contribution is 2.36. The lowest BCUT2D eigenvalue weighted by atomic mass is 10.3. The summed E-state index contributed by atoms with van der Waals surface area (Å²) in [6, 6.07) is 8.87. The van der Waals surface area contributed by atoms with E-state index in [-0.39, 0.29) is 28.2 Å². The van der Waals surface area contributed by atoms with E-state index in [0.717, 1.165) is 17.8 Å². The minimum atomic E-state index is -0.650. The number of carbonyl (C=O) groups excluding carboxylic acids is 3. The van der Waals surface area contributed by atoms with Crippen LogP contribution in [0.4, 0.5) is 11.5 Å². The zero-order chi connectivity index (χ0) is 21.7. The van der Waals surface area contributed by atoms with Gasteiger partial charge >= 0.3 is 11.9 Å². The third-order valence-corrected chi connectivity index (χ3v) is 5.07. The van der Waals surface area contributed by atoms with Crippen LogP contribution in [0.1, 0.15) is 24.3 Å². The second-order valence-electron chi connectivity index (χ2n) is 5.93. The van der Waals surface area contributed by atoms with Gasteiger partial charge in [0.2, 0.25) is 0 Å². The summed E-state index contributed by atoms with van der Waals surface area (Å²) < 4.78 is 11.4. The van der Waals surface area contributed by atoms with Gasteiger partial charge in [-0.25, -0.2) is 19.6 Å². The molecule has 0 spiro atoms. The van der Waals surface area contributed by atoms with Gasteiger partial charge in [0.05, 0.1) is 30.6 Å². The summed E-state index contributed by atoms with van der Waals surface area (Å²) >= 11 is 0.996. The third-order valence-electron chi connectivity index (χ3n) is 4.10. The highest BCUT2D eigenvalue weighted by atomic mass is 32.2. The molecule has 0 bridgehead atoms. The SMILES string of the molecule is CCOC(=O)c1c(N=C2SC(=CC(=O)OC)C(=O)N2c2ccccc2)ncn1CC. The van der Waals surface area contributed by atoms with Crippen LogP contribution < -0.4 is 4.90 Å². The monoisotopic (exact) mass is 428 g/mol. The Kier molecular flexibility index (Phi) is 6.68. The van der Waals surface area contributed by atoms with Gasteiger partial charge in [0, 0.05) is 12.6 Å². The van der Waals surface area contributed by atoms with Crippen molar-refractivity contribution in [3.05, 3.63) is 53.3 Å². The normalized spacial score (nSPS) is 16.4. The lowest BCUT2D eigenvalue weighted by Crippen LogP contribution is -2.28. The maximum Gasteiger partial charge on any atom is 0.358 e. The van der Waals surface area contributed by atoms with E-state index in [1.54, 1.807) is 35.8 Å². The lowest BCUT2D eigenvalue weighted by molar-refractivity contribution is -0.135. The second-order valence-corrected chi connectivity index (χ2v) is 6.94. The molecule has 1 aromatic heterocycles. The van der Waals surface area contributed by atoms with E-state index in [2.05, 4.69) is 14.7 Å². The van der Waals surface area contributed by atoms with Crippen LogP contribution in [0.15, 0.2) is 52.6 Å². The molecule has 0 N–H and O–H groups in total. The number of carbonyl (C=O) groups is 3. The van der Waals surface area contributed by atoms with Gasteiger partial charge in [-0.15, -0.1) is 0 Å². The predicted octanol–water partition coefficient (Wildman–Crippen LogP) is 2.90. The van der Waals surface area contributed by atoms with Crippen LogP contribution in [0.25, 0.3) is 0 Å². The molecule has 1 aliphatic heterocycles. The molecule has 1 amide bonds. The quantitative estimate of drug-likeness (QED) is 0.515. The number of hydrogen-bond acceptors (Lipinski definition) is 8. The predicted molar refractivity (Wildman–Crippen MR) is 113 cm³/mol. The number of amidine groups is 1. The molecule has 1 aromatic carbocycles. The first-order chi connectivity index (χ1) is 14.5. The summed E-state index contributed by atoms with van der Waals surface area (Å²) in [5.74, 6) is -1.50. The molecule has 0 radical (unpaired) electrons. The fraction of sp³-hybridized carbons (Fsp3) is 0.250. The number of para-hydroxylation sites is 1. The van der Waals surface area contributed by atoms with Gasteiger partial charge in [-0.05, 0) is 37.7 Å². The van der Waals surface area contributed by atoms with Crippen LogP contribution >= 0.6 is 11.8 Å². The van der Waals surface area contributed by atoms with Crippen LogP contribution in [0.5, 0.6) is 0 Å². The molecule has 0 unspecified atom stereocenters. The number of amides is 1. The number of imidazole rings is 1. The first-order valence-corrected chi connectivity index (χ1v) is 9.99. The summed E-state index contributed by atoms with van der Waals surface area (Å²) in [6.07, 6.45) is 2.60. The minimum Gasteiger partial charge on any atom is -0.466 e. The highest BCUT2D eigenvalue weighted by molar-refractivity contribution is 8.19. The number of aromatic nitrogens is 2. The summed E-state index contributed by atoms with van der Waals surface area (Å²) in [6.45, 7) is 4.28. The van der Waals surface area contributed by atoms with Gasteiger partial charge in [-0.2, -0.15) is 0 Å². The number of nitrogens with zero attached hydrogens (tertiary/aromatic N) is 4. The van der Waals surface area contributed by atoms with Crippen molar-refractivity contribution in [1.29, 1.82) is 0 Å². The largest absolute Gasteiger partial charge is 0.466 e. The van der Waals surface area contributed by atoms with E-state index < -0.39 is 17.8 Å². The number of ether oxygens (including phenoxy) is 2. The molecule has 1 aliphatic rings. The molecule has 156 valence electrons. The van der Waals surface area contributed by atoms with Crippen molar-refractivity contribution in [1.82, 2.24) is 9.55 Å². The fourth-order valence-electron chi connectivity index (χ4n) is 2.71. The van der Waals surface area contributed by atoms with Crippen molar-refractivity contribution in [2.24, 2.45) is 4.99 Å². The van der Waals surface area contributed by atoms with Crippen LogP contribution in [0.2, 0.25) is 0 Å². The minimum absolute atomic E-state index is 0.130. The molecule has 0 saturated carbocycles. The van der Waals surface area contributed by atoms with E-state index in [4.69, 9.17) is 4.74 Å². The number of anilines is 1. The molecule has 10 heteroatoms. The molecule has 1 fully saturated rings. The zero-order valence-corrected chi connectivity index (χ0v) is 17.5. The molecule has 2 heterocycles. The van der Waals surface area contributed by atoms with Gasteiger partial charge in [-0.3, -0.25) is 9.69 Å². The topological polar surface area (TPSA) is 103 Å². The van der Waals surface area contributed by atoms with Crippen molar-refractivity contribution in [3.63, 3.8) is 0 Å². The Morgan fingerprint density at radius 3 is 2.60 bits per heavy atom. The first kappa shape index (κ1) is 21.3. The van der Waals surface area contributed by atoms with Crippen molar-refractivity contribution in [2.45, 2.75) is 20.4 Å². The number of thioether (sulfide) groups is 1. The zero-order valence-electron chi connectivity index (χ0n) is 16.7. The van der Waals surface area contributed by atoms with Gasteiger partial charge in [0.15, 0.2) is 16.7 Å². The Labute approximate surface area is 177 Å². The van der Waals surface area contributed by atoms with E-state index in [1.807, 2.05) is 13.0 Å². The van der Waals surface area contributed by atoms with Gasteiger partial charge in [0.25, 0.3) is 5.91 Å². The summed E-state index contributed by atoms with van der Waals surface area (Å²) in [4.78, 5) is 47.3. The van der Waals surface area contributed by atoms with E-state index >= 15 is 0 Å². The Balaban J connectivity index is 2.10. The van der Waals surface area contributed by atoms with Gasteiger partial charge < -0.3 is 14.0 Å². The van der Waals surface area contributed by atoms with Crippen LogP contribution in [-0.2, 0) is 25.6 Å². The van der Waals surface area contributed by atoms with Crippen molar-refractivity contribution < 1.29 is 23.9 Å². The smallest absolute Gasteiger partial charge is 0.358 e. The highest BCUT2D eigenvalue weighted by Gasteiger charge is 2.36. The summed E-state index contributed by atoms with van der Waals surface area (Å²) in [5.41, 5.74) is 0.757. The molecular formula is C20H20N4O5S. The number of rotatable bonds is 6. The molecule has 3 rings (SSSR count). The average Bonchev–Trinajstić information content (AvgIpc) is 3.29. The summed E-state index contributed by atoms with van der Waals surface area (Å²) in [5, 5.41) is 0.258. The molecule has 1 saturated heterocycles. The number of hydrogen-bond donors (Lipinski definition) is 0. The fourth-order valence-corrected chi connectivity index (χ4v) is 3.65. The van der Waals surface area contributed by atoms with E-state index in [9.17, 15) is 14.4 Å². The van der Waals surface area contributed by atoms with Crippen molar-refractivity contribution >= 4 is 46.3 Å². The Bertz CT molecular complexity index is 1030. The number of benzene rings is 1. The molecule has 0 aliphatic carbocycles. The van der Waals surface area contributed by atoms with Gasteiger partial charge in [0.1, 0.15) is 0 Å². The Morgan fingerprint density at radius 1 is 1.23 bits per heavy atom.